The molecule has 0 saturated carbocycles. The number of aliphatic hydroxyl groups is 2. The van der Waals surface area contributed by atoms with Crippen molar-refractivity contribution in [2.45, 2.75) is 155 Å². The number of aromatic nitrogens is 3. The van der Waals surface area contributed by atoms with E-state index in [1.165, 1.54) is 42.2 Å². The summed E-state index contributed by atoms with van der Waals surface area (Å²) in [7, 11) is 1.53. The van der Waals surface area contributed by atoms with Crippen LogP contribution in [0, 0.1) is 5.92 Å². The topological polar surface area (TPSA) is 542 Å². The summed E-state index contributed by atoms with van der Waals surface area (Å²) in [6, 6.07) is 11.6. The first kappa shape index (κ1) is 84.7. The fourth-order valence-electron chi connectivity index (χ4n) is 11.4. The molecule has 3 heterocycles. The maximum atomic E-state index is 14.7. The Hall–Kier alpha value is -10.3. The van der Waals surface area contributed by atoms with E-state index < -0.39 is 151 Å². The monoisotopic (exact) mass is 1490 g/mol. The van der Waals surface area contributed by atoms with Crippen molar-refractivity contribution in [2.75, 3.05) is 59.4 Å². The van der Waals surface area contributed by atoms with Gasteiger partial charge >= 0.3 is 6.03 Å². The molecule has 1 fully saturated rings. The lowest BCUT2D eigenvalue weighted by Gasteiger charge is -2.28. The minimum atomic E-state index is -1.76. The van der Waals surface area contributed by atoms with Gasteiger partial charge in [0.25, 0.3) is 5.91 Å². The Morgan fingerprint density at radius 2 is 1.25 bits per heavy atom. The first-order chi connectivity index (χ1) is 50.7. The van der Waals surface area contributed by atoms with Crippen LogP contribution in [0.1, 0.15) is 99.9 Å². The van der Waals surface area contributed by atoms with E-state index in [0.717, 1.165) is 0 Å². The van der Waals surface area contributed by atoms with E-state index in [-0.39, 0.29) is 96.2 Å². The normalized spacial score (nSPS) is 20.1. The van der Waals surface area contributed by atoms with E-state index in [2.05, 4.69) is 63.5 Å². The number of nitrogens with two attached hydrogens (primary N) is 5. The van der Waals surface area contributed by atoms with Gasteiger partial charge in [-0.15, -0.1) is 0 Å². The molecule has 0 bridgehead atoms. The predicted octanol–water partition coefficient (Wildman–Crippen LogP) is -2.94. The maximum Gasteiger partial charge on any atom is 0.345 e. The third-order valence-electron chi connectivity index (χ3n) is 16.9. The highest BCUT2D eigenvalue weighted by Crippen LogP contribution is 2.34. The Morgan fingerprint density at radius 1 is 0.651 bits per heavy atom. The lowest BCUT2D eigenvalue weighted by atomic mass is 10.00. The zero-order valence-electron chi connectivity index (χ0n) is 60.0. The van der Waals surface area contributed by atoms with Gasteiger partial charge in [0.05, 0.1) is 34.7 Å². The smallest absolute Gasteiger partial charge is 0.345 e. The van der Waals surface area contributed by atoms with Crippen LogP contribution in [0.25, 0.3) is 23.1 Å². The molecule has 574 valence electrons. The molecule has 5 aromatic rings. The molecule has 11 atom stereocenters. The molecule has 6 rings (SSSR count). The Morgan fingerprint density at radius 3 is 1.84 bits per heavy atom. The second-order valence-corrected chi connectivity index (χ2v) is 26.8. The largest absolute Gasteiger partial charge is 0.391 e. The maximum absolute atomic E-state index is 14.7. The molecule has 3 aromatic carbocycles. The van der Waals surface area contributed by atoms with E-state index in [0.29, 0.717) is 43.2 Å². The fourth-order valence-corrected chi connectivity index (χ4v) is 12.3. The van der Waals surface area contributed by atoms with Crippen molar-refractivity contribution < 1.29 is 67.7 Å². The highest BCUT2D eigenvalue weighted by molar-refractivity contribution is 7.99. The van der Waals surface area contributed by atoms with Gasteiger partial charge in [-0.1, -0.05) is 74.1 Å². The Bertz CT molecular complexity index is 3860. The van der Waals surface area contributed by atoms with Crippen LogP contribution < -0.4 is 87.2 Å². The summed E-state index contributed by atoms with van der Waals surface area (Å²) < 4.78 is 1.17. The molecule has 23 N–H and O–H groups in total. The van der Waals surface area contributed by atoms with Crippen LogP contribution in [0.4, 0.5) is 4.79 Å². The Labute approximate surface area is 618 Å². The highest BCUT2D eigenvalue weighted by Gasteiger charge is 2.38. The van der Waals surface area contributed by atoms with E-state index in [4.69, 9.17) is 33.8 Å². The van der Waals surface area contributed by atoms with Crippen LogP contribution in [0.2, 0.25) is 0 Å². The number of carbonyl (C=O) groups is 12. The second kappa shape index (κ2) is 42.6. The van der Waals surface area contributed by atoms with Gasteiger partial charge in [-0.3, -0.25) is 57.7 Å². The number of nitrogens with one attached hydrogen (secondary N) is 11. The second-order valence-electron chi connectivity index (χ2n) is 25.7. The molecule has 106 heavy (non-hydrogen) atoms. The number of nitrogens with zero attached hydrogens (tertiary/aromatic N) is 4. The van der Waals surface area contributed by atoms with E-state index >= 15 is 0 Å². The fraction of sp³-hybridized carbons (Fsp3) is 0.465. The first-order valence-electron chi connectivity index (χ1n) is 35.0. The van der Waals surface area contributed by atoms with Crippen molar-refractivity contribution in [3.8, 4) is 0 Å². The average Bonchev–Trinajstić information content (AvgIpc) is 1.62. The van der Waals surface area contributed by atoms with Crippen molar-refractivity contribution in [2.24, 2.45) is 34.6 Å². The predicted molar refractivity (Wildman–Crippen MR) is 396 cm³/mol. The molecule has 34 nitrogen and oxygen atoms in total. The number of carbonyl (C=O) groups excluding carboxylic acids is 12. The third-order valence-corrected chi connectivity index (χ3v) is 18.0. The summed E-state index contributed by atoms with van der Waals surface area (Å²) in [6.07, 6.45) is -0.159. The summed E-state index contributed by atoms with van der Waals surface area (Å²) >= 11 is 1.29. The molecule has 1 saturated heterocycles. The van der Waals surface area contributed by atoms with Crippen LogP contribution in [0.5, 0.6) is 0 Å². The summed E-state index contributed by atoms with van der Waals surface area (Å²) in [5, 5.41) is 55.5. The molecule has 2 aromatic heterocycles. The van der Waals surface area contributed by atoms with Crippen LogP contribution in [0.15, 0.2) is 107 Å². The van der Waals surface area contributed by atoms with Gasteiger partial charge in [-0.05, 0) is 145 Å². The molecule has 0 spiro atoms. The molecule has 1 aliphatic heterocycles. The number of pyridine rings is 1. The zero-order chi connectivity index (χ0) is 77.6. The van der Waals surface area contributed by atoms with Gasteiger partial charge in [0.2, 0.25) is 59.1 Å². The Kier molecular flexibility index (Phi) is 34.0. The van der Waals surface area contributed by atoms with E-state index in [9.17, 15) is 67.7 Å². The summed E-state index contributed by atoms with van der Waals surface area (Å²) in [4.78, 5) is 177. The number of amides is 12. The van der Waals surface area contributed by atoms with Gasteiger partial charge in [-0.25, -0.2) is 4.79 Å². The van der Waals surface area contributed by atoms with Gasteiger partial charge < -0.3 is 102 Å². The highest BCUT2D eigenvalue weighted by atomic mass is 32.2. The molecular formula is C71H100N20O14S. The van der Waals surface area contributed by atoms with E-state index in [1.807, 2.05) is 12.1 Å². The molecule has 0 radical (unpaired) electrons. The Balaban J connectivity index is 1.26. The van der Waals surface area contributed by atoms with Crippen LogP contribution in [0.3, 0.4) is 0 Å². The molecule has 35 heteroatoms. The number of aliphatic hydroxyl groups excluding tert-OH is 2. The third kappa shape index (κ3) is 25.2. The van der Waals surface area contributed by atoms with Gasteiger partial charge in [0, 0.05) is 67.4 Å². The average molecular weight is 1490 g/mol. The molecule has 12 amide bonds. The van der Waals surface area contributed by atoms with Crippen molar-refractivity contribution in [3.05, 3.63) is 120 Å². The van der Waals surface area contributed by atoms with Crippen LogP contribution >= 0.6 is 11.8 Å². The first-order valence-corrected chi connectivity index (χ1v) is 35.9. The molecule has 1 aliphatic rings. The van der Waals surface area contributed by atoms with Gasteiger partial charge in [0.1, 0.15) is 54.4 Å². The molecule has 1 unspecified atom stereocenters. The quantitative estimate of drug-likeness (QED) is 0.0228. The summed E-state index contributed by atoms with van der Waals surface area (Å²) in [5.74, 6) is -10.0. The van der Waals surface area contributed by atoms with Gasteiger partial charge in [0.15, 0.2) is 0 Å². The van der Waals surface area contributed by atoms with Crippen molar-refractivity contribution >= 4 is 106 Å². The van der Waals surface area contributed by atoms with Crippen molar-refractivity contribution in [1.82, 2.24) is 78.1 Å². The van der Waals surface area contributed by atoms with Crippen LogP contribution in [-0.4, -0.2) is 227 Å². The number of fused-ring (bicyclic) bond motifs is 1. The zero-order valence-corrected chi connectivity index (χ0v) is 60.8. The van der Waals surface area contributed by atoms with Crippen molar-refractivity contribution in [3.63, 3.8) is 0 Å². The van der Waals surface area contributed by atoms with Crippen LogP contribution in [-0.2, 0) is 54.4 Å². The summed E-state index contributed by atoms with van der Waals surface area (Å²) in [5.41, 5.74) is 32.2. The summed E-state index contributed by atoms with van der Waals surface area (Å²) in [6.45, 7) is 4.25. The molecular weight excluding hydrogens is 1390 g/mol. The molecule has 0 aliphatic carbocycles. The standard InChI is InChI=1S/C71H100N20O14S/c1-40(2)37-54-67(101)82-49(22-28-72)62(96)81-52(25-31-75)66(100)88-59(41(3)92)69(103)79-34-26-53(65(99)80-50(23-29-73)64(98)86-55(68(102)85-54)38-43-13-7-6-8-14-43)83-63(97)51(24-30-74)84-70(104)60(42(4)93)87-58(94)27-35-90(36-32-76)71(105)91-56-39-45(106-57-17-10-9-16-47(57)61(95)77-5)19-20-46(56)48(89-91)21-18-44-15-11-12-33-78-44/h6-21,33,39-42,49-55,59-60,92-93H,22-32,34-38,72-76H2,1-5H3,(H,77,95)(H,79,103)(H,80,99)(H,81,96)(H,82,101)(H,83,97)(H,84,104)(H,85,102)(H,86,98)(H,87,94)(H,88,100)/b21-18+/t41-,42-,49+,50+,51+,52+,53+,54+,55-,59?,60+/m1/s1. The number of rotatable bonds is 29. The van der Waals surface area contributed by atoms with Gasteiger partial charge in [-0.2, -0.15) is 9.78 Å². The lowest BCUT2D eigenvalue weighted by molar-refractivity contribution is -0.136. The number of hydrogen-bond donors (Lipinski definition) is 18. The number of benzene rings is 3. The minimum Gasteiger partial charge on any atom is -0.391 e. The lowest BCUT2D eigenvalue weighted by Crippen LogP contribution is -2.61. The van der Waals surface area contributed by atoms with E-state index in [1.54, 1.807) is 111 Å². The minimum absolute atomic E-state index is 0.0272. The SMILES string of the molecule is CNC(=O)c1ccccc1Sc1ccc2c(/C=C/c3ccccn3)nn(C(=O)N(CCN)CCC(=O)N[C@H](C(=O)N[C@@H](CCN)C(=O)N[C@H]3CCNC(=O)C([C@@H](C)O)NC(=O)[C@H](CCN)NC(=O)[C@H](CCN)NC(=O)[C@H](CC(C)C)NC(=O)[C@@H](Cc4ccccc4)NC(=O)[C@H](CCN)NC3=O)[C@@H](C)O)c2c1. The van der Waals surface area contributed by atoms with Crippen molar-refractivity contribution in [1.29, 1.82) is 0 Å². The number of hydrogen-bond acceptors (Lipinski definition) is 22.